The lowest BCUT2D eigenvalue weighted by Crippen LogP contribution is -2.21. The Morgan fingerprint density at radius 2 is 2.15 bits per heavy atom. The molecule has 0 saturated carbocycles. The first-order chi connectivity index (χ1) is 6.19. The molecule has 0 radical (unpaired) electrons. The summed E-state index contributed by atoms with van der Waals surface area (Å²) < 4.78 is 5.09. The maximum atomic E-state index is 5.82. The second-order valence-electron chi connectivity index (χ2n) is 3.06. The summed E-state index contributed by atoms with van der Waals surface area (Å²) in [5.74, 6) is 0.852. The Morgan fingerprint density at radius 1 is 1.46 bits per heavy atom. The number of ether oxygens (including phenoxy) is 1. The molecule has 0 unspecified atom stereocenters. The molecule has 4 N–H and O–H groups in total. The lowest BCUT2D eigenvalue weighted by atomic mass is 10.0. The zero-order chi connectivity index (χ0) is 9.84. The molecular formula is C10H16N2O. The lowest BCUT2D eigenvalue weighted by molar-refractivity contribution is 0.414. The minimum atomic E-state index is -0.0779. The predicted octanol–water partition coefficient (Wildman–Crippen LogP) is 0.962. The van der Waals surface area contributed by atoms with Gasteiger partial charge in [-0.3, -0.25) is 0 Å². The van der Waals surface area contributed by atoms with Crippen LogP contribution in [-0.2, 0) is 0 Å². The quantitative estimate of drug-likeness (QED) is 0.728. The van der Waals surface area contributed by atoms with Gasteiger partial charge in [0.05, 0.1) is 7.11 Å². The highest BCUT2D eigenvalue weighted by Crippen LogP contribution is 2.20. The van der Waals surface area contributed by atoms with E-state index in [1.807, 2.05) is 25.1 Å². The van der Waals surface area contributed by atoms with Crippen molar-refractivity contribution in [1.82, 2.24) is 0 Å². The van der Waals surface area contributed by atoms with Gasteiger partial charge in [-0.1, -0.05) is 6.07 Å². The predicted molar refractivity (Wildman–Crippen MR) is 53.7 cm³/mol. The van der Waals surface area contributed by atoms with Crippen molar-refractivity contribution in [2.24, 2.45) is 11.5 Å². The summed E-state index contributed by atoms with van der Waals surface area (Å²) in [5, 5.41) is 0. The Hall–Kier alpha value is -1.06. The standard InChI is InChI=1S/C10H16N2O/c1-7-5-8(13-2)3-4-9(7)10(12)6-11/h3-5,10H,6,11-12H2,1-2H3/t10-/m0/s1. The van der Waals surface area contributed by atoms with Gasteiger partial charge in [0, 0.05) is 12.6 Å². The van der Waals surface area contributed by atoms with Crippen LogP contribution in [0.5, 0.6) is 5.75 Å². The van der Waals surface area contributed by atoms with Gasteiger partial charge in [-0.2, -0.15) is 0 Å². The van der Waals surface area contributed by atoms with Gasteiger partial charge in [0.15, 0.2) is 0 Å². The van der Waals surface area contributed by atoms with Crippen molar-refractivity contribution in [2.75, 3.05) is 13.7 Å². The summed E-state index contributed by atoms with van der Waals surface area (Å²) >= 11 is 0. The molecule has 0 amide bonds. The van der Waals surface area contributed by atoms with Crippen molar-refractivity contribution in [3.63, 3.8) is 0 Å². The summed E-state index contributed by atoms with van der Waals surface area (Å²) in [5.41, 5.74) is 13.5. The zero-order valence-corrected chi connectivity index (χ0v) is 8.08. The fourth-order valence-electron chi connectivity index (χ4n) is 1.32. The highest BCUT2D eigenvalue weighted by atomic mass is 16.5. The van der Waals surface area contributed by atoms with Crippen LogP contribution >= 0.6 is 0 Å². The summed E-state index contributed by atoms with van der Waals surface area (Å²) in [6, 6.07) is 5.75. The Kier molecular flexibility index (Phi) is 3.28. The van der Waals surface area contributed by atoms with Crippen LogP contribution in [0.25, 0.3) is 0 Å². The van der Waals surface area contributed by atoms with Crippen molar-refractivity contribution in [2.45, 2.75) is 13.0 Å². The van der Waals surface area contributed by atoms with Crippen molar-refractivity contribution in [3.05, 3.63) is 29.3 Å². The molecule has 1 rings (SSSR count). The number of hydrogen-bond donors (Lipinski definition) is 2. The van der Waals surface area contributed by atoms with Crippen LogP contribution in [0, 0.1) is 6.92 Å². The van der Waals surface area contributed by atoms with E-state index >= 15 is 0 Å². The summed E-state index contributed by atoms with van der Waals surface area (Å²) in [4.78, 5) is 0. The van der Waals surface area contributed by atoms with E-state index in [1.165, 1.54) is 0 Å². The summed E-state index contributed by atoms with van der Waals surface area (Å²) in [6.07, 6.45) is 0. The van der Waals surface area contributed by atoms with Crippen LogP contribution in [-0.4, -0.2) is 13.7 Å². The normalized spacial score (nSPS) is 12.6. The van der Waals surface area contributed by atoms with Gasteiger partial charge in [0.25, 0.3) is 0 Å². The van der Waals surface area contributed by atoms with Crippen LogP contribution in [0.2, 0.25) is 0 Å². The van der Waals surface area contributed by atoms with Crippen LogP contribution < -0.4 is 16.2 Å². The van der Waals surface area contributed by atoms with Crippen LogP contribution in [0.4, 0.5) is 0 Å². The smallest absolute Gasteiger partial charge is 0.119 e. The molecule has 0 spiro atoms. The highest BCUT2D eigenvalue weighted by molar-refractivity contribution is 5.36. The molecule has 0 aliphatic rings. The van der Waals surface area contributed by atoms with Crippen molar-refractivity contribution in [3.8, 4) is 5.75 Å². The fraction of sp³-hybridized carbons (Fsp3) is 0.400. The van der Waals surface area contributed by atoms with E-state index in [9.17, 15) is 0 Å². The van der Waals surface area contributed by atoms with Crippen LogP contribution in [0.15, 0.2) is 18.2 Å². The van der Waals surface area contributed by atoms with Crippen molar-refractivity contribution < 1.29 is 4.74 Å². The van der Waals surface area contributed by atoms with Crippen molar-refractivity contribution >= 4 is 0 Å². The Bertz CT molecular complexity index is 286. The van der Waals surface area contributed by atoms with Gasteiger partial charge in [-0.25, -0.2) is 0 Å². The molecule has 0 bridgehead atoms. The van der Waals surface area contributed by atoms with E-state index in [0.717, 1.165) is 16.9 Å². The number of rotatable bonds is 3. The lowest BCUT2D eigenvalue weighted by Gasteiger charge is -2.13. The van der Waals surface area contributed by atoms with Gasteiger partial charge in [-0.05, 0) is 30.2 Å². The van der Waals surface area contributed by atoms with Crippen LogP contribution in [0.1, 0.15) is 17.2 Å². The zero-order valence-electron chi connectivity index (χ0n) is 8.08. The molecule has 72 valence electrons. The molecule has 3 nitrogen and oxygen atoms in total. The first-order valence-corrected chi connectivity index (χ1v) is 4.29. The van der Waals surface area contributed by atoms with Gasteiger partial charge in [-0.15, -0.1) is 0 Å². The van der Waals surface area contributed by atoms with E-state index in [-0.39, 0.29) is 6.04 Å². The Morgan fingerprint density at radius 3 is 2.62 bits per heavy atom. The molecule has 0 saturated heterocycles. The fourth-order valence-corrected chi connectivity index (χ4v) is 1.32. The summed E-state index contributed by atoms with van der Waals surface area (Å²) in [7, 11) is 1.65. The second kappa shape index (κ2) is 4.25. The largest absolute Gasteiger partial charge is 0.497 e. The van der Waals surface area contributed by atoms with E-state index < -0.39 is 0 Å². The third-order valence-electron chi connectivity index (χ3n) is 2.13. The molecule has 1 aromatic carbocycles. The Balaban J connectivity index is 2.98. The first-order valence-electron chi connectivity index (χ1n) is 4.29. The molecule has 0 aromatic heterocycles. The minimum absolute atomic E-state index is 0.0779. The monoisotopic (exact) mass is 180 g/mol. The molecule has 3 heteroatoms. The molecule has 1 aromatic rings. The third kappa shape index (κ3) is 2.20. The van der Waals surface area contributed by atoms with Gasteiger partial charge < -0.3 is 16.2 Å². The average molecular weight is 180 g/mol. The molecule has 0 aliphatic carbocycles. The molecule has 13 heavy (non-hydrogen) atoms. The minimum Gasteiger partial charge on any atom is -0.497 e. The molecule has 1 atom stereocenters. The van der Waals surface area contributed by atoms with Crippen LogP contribution in [0.3, 0.4) is 0 Å². The molecular weight excluding hydrogens is 164 g/mol. The SMILES string of the molecule is COc1ccc([C@@H](N)CN)c(C)c1. The average Bonchev–Trinajstić information content (AvgIpc) is 2.16. The maximum Gasteiger partial charge on any atom is 0.119 e. The first kappa shape index (κ1) is 10.0. The number of benzene rings is 1. The number of methoxy groups -OCH3 is 1. The highest BCUT2D eigenvalue weighted by Gasteiger charge is 2.06. The molecule has 0 aliphatic heterocycles. The van der Waals surface area contributed by atoms with E-state index in [0.29, 0.717) is 6.54 Å². The second-order valence-corrected chi connectivity index (χ2v) is 3.06. The van der Waals surface area contributed by atoms with Gasteiger partial charge in [0.1, 0.15) is 5.75 Å². The number of hydrogen-bond acceptors (Lipinski definition) is 3. The Labute approximate surface area is 78.7 Å². The summed E-state index contributed by atoms with van der Waals surface area (Å²) in [6.45, 7) is 2.47. The van der Waals surface area contributed by atoms with Gasteiger partial charge in [0.2, 0.25) is 0 Å². The third-order valence-corrected chi connectivity index (χ3v) is 2.13. The number of aryl methyl sites for hydroxylation is 1. The topological polar surface area (TPSA) is 61.3 Å². The molecule has 0 fully saturated rings. The van der Waals surface area contributed by atoms with E-state index in [2.05, 4.69) is 0 Å². The van der Waals surface area contributed by atoms with Gasteiger partial charge >= 0.3 is 0 Å². The van der Waals surface area contributed by atoms with E-state index in [4.69, 9.17) is 16.2 Å². The maximum absolute atomic E-state index is 5.82. The number of nitrogens with two attached hydrogens (primary N) is 2. The molecule has 0 heterocycles. The van der Waals surface area contributed by atoms with Crippen molar-refractivity contribution in [1.29, 1.82) is 0 Å². The van der Waals surface area contributed by atoms with E-state index in [1.54, 1.807) is 7.11 Å².